The molecule has 2 aromatic rings. The second-order valence-corrected chi connectivity index (χ2v) is 7.64. The first-order valence-electron chi connectivity index (χ1n) is 9.03. The Kier molecular flexibility index (Phi) is 3.84. The van der Waals surface area contributed by atoms with Crippen molar-refractivity contribution in [2.24, 2.45) is 5.73 Å². The summed E-state index contributed by atoms with van der Waals surface area (Å²) in [6.45, 7) is 5.29. The van der Waals surface area contributed by atoms with Crippen LogP contribution in [0.5, 0.6) is 5.75 Å². The number of nitro groups is 1. The molecule has 9 heteroatoms. The Bertz CT molecular complexity index is 1120. The molecule has 0 aromatic heterocycles. The van der Waals surface area contributed by atoms with E-state index in [1.54, 1.807) is 18.2 Å². The van der Waals surface area contributed by atoms with Crippen LogP contribution in [0.25, 0.3) is 0 Å². The van der Waals surface area contributed by atoms with Crippen molar-refractivity contribution < 1.29 is 29.7 Å². The fourth-order valence-corrected chi connectivity index (χ4v) is 4.07. The van der Waals surface area contributed by atoms with Crippen LogP contribution in [0.2, 0.25) is 0 Å². The maximum Gasteiger partial charge on any atom is 0.334 e. The van der Waals surface area contributed by atoms with E-state index in [1.165, 1.54) is 13.0 Å². The zero-order valence-corrected chi connectivity index (χ0v) is 16.0. The first-order chi connectivity index (χ1) is 13.5. The van der Waals surface area contributed by atoms with Crippen LogP contribution in [0.3, 0.4) is 0 Å². The first kappa shape index (κ1) is 19.0. The molecule has 0 radical (unpaired) electrons. The van der Waals surface area contributed by atoms with Crippen LogP contribution in [-0.4, -0.2) is 26.8 Å². The number of aliphatic hydroxyl groups excluding tert-OH is 1. The Labute approximate surface area is 165 Å². The molecule has 1 heterocycles. The molecule has 2 aromatic carbocycles. The van der Waals surface area contributed by atoms with Gasteiger partial charge in [-0.1, -0.05) is 26.0 Å². The number of aliphatic hydroxyl groups is 2. The summed E-state index contributed by atoms with van der Waals surface area (Å²) in [5.41, 5.74) is 4.62. The molecule has 0 bridgehead atoms. The zero-order chi connectivity index (χ0) is 21.3. The summed E-state index contributed by atoms with van der Waals surface area (Å²) in [6.07, 6.45) is 0. The van der Waals surface area contributed by atoms with Crippen molar-refractivity contribution in [3.05, 3.63) is 62.7 Å². The molecular formula is C20H20N3O6+. The van der Waals surface area contributed by atoms with E-state index in [4.69, 9.17) is 10.5 Å². The lowest BCUT2D eigenvalue weighted by atomic mass is 9.83. The third kappa shape index (κ3) is 2.28. The molecule has 9 nitrogen and oxygen atoms in total. The topological polar surface area (TPSA) is 150 Å². The number of ether oxygens (including phenoxy) is 1. The van der Waals surface area contributed by atoms with Gasteiger partial charge in [0.15, 0.2) is 5.54 Å². The van der Waals surface area contributed by atoms with Crippen molar-refractivity contribution in [3.8, 4) is 5.75 Å². The highest BCUT2D eigenvalue weighted by molar-refractivity contribution is 6.14. The lowest BCUT2D eigenvalue weighted by Crippen LogP contribution is -2.66. The normalized spacial score (nSPS) is 24.9. The van der Waals surface area contributed by atoms with Gasteiger partial charge in [0.1, 0.15) is 16.9 Å². The van der Waals surface area contributed by atoms with Crippen molar-refractivity contribution in [1.29, 1.82) is 0 Å². The predicted octanol–water partition coefficient (Wildman–Crippen LogP) is 0.995. The summed E-state index contributed by atoms with van der Waals surface area (Å²) in [5.74, 6) is -3.06. The number of benzene rings is 2. The van der Waals surface area contributed by atoms with Crippen LogP contribution in [0, 0.1) is 10.1 Å². The quantitative estimate of drug-likeness (QED) is 0.261. The van der Waals surface area contributed by atoms with Gasteiger partial charge in [0, 0.05) is 17.7 Å². The number of nitrogens with zero attached hydrogens (tertiary/aromatic N) is 1. The molecule has 1 aliphatic carbocycles. The molecule has 5 N–H and O–H groups in total. The standard InChI is InChI=1S/C20H19N3O6/c1-9(2)11-4-5-12-15(8-11)29-20(26)17-14(23(27)28)7-6-13(22-10(3)24)16(17)18(25)19(12,20)21/h4-9,26H,21H2,1-3H3,(H,22,24)/p+1. The van der Waals surface area contributed by atoms with Gasteiger partial charge in [-0.3, -0.25) is 14.9 Å². The zero-order valence-electron chi connectivity index (χ0n) is 16.0. The van der Waals surface area contributed by atoms with Crippen LogP contribution in [-0.2, 0) is 11.3 Å². The number of ketones is 1. The first-order valence-corrected chi connectivity index (χ1v) is 9.03. The van der Waals surface area contributed by atoms with Crippen LogP contribution in [0.15, 0.2) is 30.3 Å². The van der Waals surface area contributed by atoms with Gasteiger partial charge >= 0.3 is 5.90 Å². The molecule has 0 amide bonds. The van der Waals surface area contributed by atoms with Crippen LogP contribution in [0.4, 0.5) is 11.4 Å². The minimum absolute atomic E-state index is 0.0900. The number of carbonyl (C=O) groups is 1. The summed E-state index contributed by atoms with van der Waals surface area (Å²) in [7, 11) is 0. The third-order valence-corrected chi connectivity index (χ3v) is 5.51. The van der Waals surface area contributed by atoms with E-state index in [2.05, 4.69) is 4.99 Å². The molecule has 150 valence electrons. The maximum atomic E-state index is 13.4. The van der Waals surface area contributed by atoms with Gasteiger partial charge in [-0.2, -0.15) is 4.99 Å². The number of hydrogen-bond donors (Lipinski definition) is 4. The molecule has 2 aliphatic rings. The monoisotopic (exact) mass is 398 g/mol. The van der Waals surface area contributed by atoms with Gasteiger partial charge in [-0.25, -0.2) is 0 Å². The minimum atomic E-state index is -2.46. The third-order valence-electron chi connectivity index (χ3n) is 5.51. The smallest absolute Gasteiger partial charge is 0.334 e. The molecule has 0 saturated carbocycles. The van der Waals surface area contributed by atoms with Crippen molar-refractivity contribution in [2.75, 3.05) is 0 Å². The highest BCUT2D eigenvalue weighted by atomic mass is 16.6. The van der Waals surface area contributed by atoms with Crippen molar-refractivity contribution in [1.82, 2.24) is 0 Å². The van der Waals surface area contributed by atoms with Gasteiger partial charge < -0.3 is 20.7 Å². The van der Waals surface area contributed by atoms with E-state index >= 15 is 0 Å². The number of nitrogens with two attached hydrogens (primary N) is 1. The Hall–Kier alpha value is -3.30. The predicted molar refractivity (Wildman–Crippen MR) is 102 cm³/mol. The average Bonchev–Trinajstić information content (AvgIpc) is 2.97. The van der Waals surface area contributed by atoms with Gasteiger partial charge in [0.25, 0.3) is 11.5 Å². The largest absolute Gasteiger partial charge is 0.463 e. The van der Waals surface area contributed by atoms with E-state index in [9.17, 15) is 25.1 Å². The number of Topliss-reactive ketones (excluding diaryl/α,β-unsaturated/α-hetero) is 1. The van der Waals surface area contributed by atoms with Crippen molar-refractivity contribution in [3.63, 3.8) is 0 Å². The van der Waals surface area contributed by atoms with Crippen molar-refractivity contribution in [2.45, 2.75) is 38.0 Å². The Morgan fingerprint density at radius 1 is 1.31 bits per heavy atom. The Morgan fingerprint density at radius 2 is 2.00 bits per heavy atom. The molecule has 2 unspecified atom stereocenters. The molecule has 0 saturated heterocycles. The van der Waals surface area contributed by atoms with Crippen LogP contribution in [0.1, 0.15) is 53.7 Å². The number of carbonyl (C=O) groups excluding carboxylic acids is 1. The Balaban J connectivity index is 2.04. The summed E-state index contributed by atoms with van der Waals surface area (Å²) in [4.78, 5) is 27.0. The minimum Gasteiger partial charge on any atom is -0.463 e. The molecule has 0 spiro atoms. The second kappa shape index (κ2) is 5.85. The molecule has 0 fully saturated rings. The molecular weight excluding hydrogens is 378 g/mol. The summed E-state index contributed by atoms with van der Waals surface area (Å²) in [5, 5.41) is 32.8. The Morgan fingerprint density at radius 3 is 2.59 bits per heavy atom. The lowest BCUT2D eigenvalue weighted by Gasteiger charge is -2.29. The van der Waals surface area contributed by atoms with Crippen LogP contribution < -0.4 is 15.5 Å². The van der Waals surface area contributed by atoms with E-state index in [1.807, 2.05) is 13.8 Å². The summed E-state index contributed by atoms with van der Waals surface area (Å²) >= 11 is 0. The highest BCUT2D eigenvalue weighted by Crippen LogP contribution is 2.59. The summed E-state index contributed by atoms with van der Waals surface area (Å²) < 4.78 is 5.77. The van der Waals surface area contributed by atoms with E-state index in [0.717, 1.165) is 11.6 Å². The number of hydrogen-bond acceptors (Lipinski definition) is 6. The van der Waals surface area contributed by atoms with Gasteiger partial charge in [0.05, 0.1) is 11.8 Å². The molecule has 4 rings (SSSR count). The fraction of sp³-hybridized carbons (Fsp3) is 0.300. The summed E-state index contributed by atoms with van der Waals surface area (Å²) in [6, 6.07) is 7.48. The van der Waals surface area contributed by atoms with Gasteiger partial charge in [-0.05, 0) is 17.5 Å². The average molecular weight is 398 g/mol. The SMILES string of the molecule is CC(O)=[NH+]c1ccc([N+](=O)[O-])c2c1C(=O)C1(N)c3ccc(C(C)C)cc3OC21O. The van der Waals surface area contributed by atoms with Gasteiger partial charge in [-0.15, -0.1) is 0 Å². The molecule has 2 atom stereocenters. The van der Waals surface area contributed by atoms with Gasteiger partial charge in [0.2, 0.25) is 11.5 Å². The number of rotatable bonds is 3. The van der Waals surface area contributed by atoms with E-state index in [0.29, 0.717) is 0 Å². The van der Waals surface area contributed by atoms with Crippen molar-refractivity contribution >= 4 is 23.1 Å². The van der Waals surface area contributed by atoms with E-state index in [-0.39, 0.29) is 39.9 Å². The lowest BCUT2D eigenvalue weighted by molar-refractivity contribution is -0.389. The van der Waals surface area contributed by atoms with Crippen LogP contribution >= 0.6 is 0 Å². The van der Waals surface area contributed by atoms with E-state index < -0.39 is 27.7 Å². The number of nitro benzene ring substituents is 1. The fourth-order valence-electron chi connectivity index (χ4n) is 4.07. The molecule has 29 heavy (non-hydrogen) atoms. The second-order valence-electron chi connectivity index (χ2n) is 7.64. The number of nitrogens with one attached hydrogen (secondary N) is 1. The molecule has 1 aliphatic heterocycles. The number of fused-ring (bicyclic) bond motifs is 5. The maximum absolute atomic E-state index is 13.4. The highest BCUT2D eigenvalue weighted by Gasteiger charge is 2.72.